The van der Waals surface area contributed by atoms with Gasteiger partial charge in [-0.2, -0.15) is 5.10 Å². The predicted octanol–water partition coefficient (Wildman–Crippen LogP) is 4.90. The highest BCUT2D eigenvalue weighted by atomic mass is 79.9. The Bertz CT molecular complexity index is 1090. The van der Waals surface area contributed by atoms with Gasteiger partial charge in [0.25, 0.3) is 11.8 Å². The van der Waals surface area contributed by atoms with Crippen LogP contribution in [0.3, 0.4) is 0 Å². The zero-order valence-corrected chi connectivity index (χ0v) is 19.3. The quantitative estimate of drug-likeness (QED) is 0.232. The lowest BCUT2D eigenvalue weighted by Crippen LogP contribution is -2.32. The zero-order valence-electron chi connectivity index (χ0n) is 15.3. The van der Waals surface area contributed by atoms with Crippen molar-refractivity contribution in [2.75, 3.05) is 0 Å². The summed E-state index contributed by atoms with van der Waals surface area (Å²) in [6, 6.07) is 15.6. The maximum absolute atomic E-state index is 12.7. The molecule has 0 radical (unpaired) electrons. The van der Waals surface area contributed by atoms with Crippen molar-refractivity contribution in [2.45, 2.75) is 0 Å². The highest BCUT2D eigenvalue weighted by Crippen LogP contribution is 2.32. The van der Waals surface area contributed by atoms with E-state index in [0.29, 0.717) is 20.1 Å². The fourth-order valence-corrected chi connectivity index (χ4v) is 4.22. The largest absolute Gasteiger partial charge is 0.506 e. The van der Waals surface area contributed by atoms with Gasteiger partial charge in [-0.25, -0.2) is 5.43 Å². The first-order chi connectivity index (χ1) is 14.4. The van der Waals surface area contributed by atoms with E-state index in [-0.39, 0.29) is 11.4 Å². The Hall–Kier alpha value is -2.75. The Balaban J connectivity index is 1.76. The minimum absolute atomic E-state index is 0.0662. The number of hydrazone groups is 1. The number of carbonyl (C=O) groups is 2. The molecule has 30 heavy (non-hydrogen) atoms. The molecule has 0 saturated carbocycles. The van der Waals surface area contributed by atoms with Crippen LogP contribution in [0.1, 0.15) is 20.8 Å². The maximum atomic E-state index is 12.7. The Kier molecular flexibility index (Phi) is 7.56. The van der Waals surface area contributed by atoms with Crippen molar-refractivity contribution < 1.29 is 14.7 Å². The van der Waals surface area contributed by atoms with Gasteiger partial charge in [0.2, 0.25) is 0 Å². The van der Waals surface area contributed by atoms with Gasteiger partial charge >= 0.3 is 0 Å². The highest BCUT2D eigenvalue weighted by molar-refractivity contribution is 9.11. The molecule has 6 nitrogen and oxygen atoms in total. The highest BCUT2D eigenvalue weighted by Gasteiger charge is 2.14. The number of halogens is 2. The van der Waals surface area contributed by atoms with Gasteiger partial charge in [-0.3, -0.25) is 9.59 Å². The van der Waals surface area contributed by atoms with Crippen molar-refractivity contribution >= 4 is 67.3 Å². The zero-order chi connectivity index (χ0) is 21.5. The number of nitrogens with one attached hydrogen (secondary N) is 2. The van der Waals surface area contributed by atoms with Crippen molar-refractivity contribution in [1.29, 1.82) is 0 Å². The summed E-state index contributed by atoms with van der Waals surface area (Å²) in [4.78, 5) is 26.0. The van der Waals surface area contributed by atoms with E-state index in [2.05, 4.69) is 47.7 Å². The average molecular weight is 549 g/mol. The molecule has 0 bridgehead atoms. The number of hydrogen-bond donors (Lipinski definition) is 3. The summed E-state index contributed by atoms with van der Waals surface area (Å²) in [5, 5.41) is 18.2. The monoisotopic (exact) mass is 547 g/mol. The van der Waals surface area contributed by atoms with Gasteiger partial charge in [0, 0.05) is 10.4 Å². The van der Waals surface area contributed by atoms with Crippen molar-refractivity contribution in [1.82, 2.24) is 10.7 Å². The molecule has 2 amide bonds. The van der Waals surface area contributed by atoms with Gasteiger partial charge < -0.3 is 10.4 Å². The van der Waals surface area contributed by atoms with Crippen LogP contribution in [-0.2, 0) is 4.79 Å². The molecule has 1 aromatic heterocycles. The third-order valence-electron chi connectivity index (χ3n) is 3.78. The van der Waals surface area contributed by atoms with Crippen LogP contribution >= 0.6 is 43.2 Å². The molecule has 2 aromatic carbocycles. The number of phenolic OH excluding ortho intramolecular Hbond substituents is 1. The average Bonchev–Trinajstić information content (AvgIpc) is 3.25. The Morgan fingerprint density at radius 3 is 2.37 bits per heavy atom. The van der Waals surface area contributed by atoms with E-state index in [4.69, 9.17) is 0 Å². The van der Waals surface area contributed by atoms with Gasteiger partial charge in [0.1, 0.15) is 11.4 Å². The van der Waals surface area contributed by atoms with Crippen LogP contribution in [0, 0.1) is 0 Å². The topological polar surface area (TPSA) is 90.8 Å². The van der Waals surface area contributed by atoms with Crippen LogP contribution in [0.25, 0.3) is 6.08 Å². The first-order valence-corrected chi connectivity index (χ1v) is 11.0. The summed E-state index contributed by atoms with van der Waals surface area (Å²) < 4.78 is 0.969. The summed E-state index contributed by atoms with van der Waals surface area (Å²) >= 11 is 7.91. The van der Waals surface area contributed by atoms with Crippen molar-refractivity contribution in [3.63, 3.8) is 0 Å². The first-order valence-electron chi connectivity index (χ1n) is 8.57. The molecule has 9 heteroatoms. The SMILES string of the molecule is O=C(N/N=C/c1cc(Br)c(O)c(Br)c1)C(=Cc1cccs1)NC(=O)c1ccccc1. The number of benzene rings is 2. The van der Waals surface area contributed by atoms with E-state index < -0.39 is 11.8 Å². The molecule has 0 saturated heterocycles. The van der Waals surface area contributed by atoms with Crippen LogP contribution in [0.15, 0.2) is 79.7 Å². The first kappa shape index (κ1) is 21.9. The second-order valence-corrected chi connectivity index (χ2v) is 8.61. The molecular weight excluding hydrogens is 534 g/mol. The van der Waals surface area contributed by atoms with Gasteiger partial charge in [0.05, 0.1) is 15.2 Å². The van der Waals surface area contributed by atoms with Crippen LogP contribution in [0.2, 0.25) is 0 Å². The standard InChI is InChI=1S/C21H15Br2N3O3S/c22-16-9-13(10-17(23)19(16)27)12-24-26-21(29)18(11-15-7-4-8-30-15)25-20(28)14-5-2-1-3-6-14/h1-12,27H,(H,25,28)(H,26,29)/b18-11?,24-12+. The lowest BCUT2D eigenvalue weighted by molar-refractivity contribution is -0.117. The normalized spacial score (nSPS) is 11.5. The van der Waals surface area contributed by atoms with Gasteiger partial charge in [-0.05, 0) is 79.2 Å². The van der Waals surface area contributed by atoms with Crippen LogP contribution in [-0.4, -0.2) is 23.1 Å². The second kappa shape index (κ2) is 10.3. The molecule has 0 atom stereocenters. The number of nitrogens with zero attached hydrogens (tertiary/aromatic N) is 1. The maximum Gasteiger partial charge on any atom is 0.287 e. The molecular formula is C21H15Br2N3O3S. The Morgan fingerprint density at radius 2 is 1.73 bits per heavy atom. The molecule has 0 fully saturated rings. The summed E-state index contributed by atoms with van der Waals surface area (Å²) in [6.07, 6.45) is 3.01. The van der Waals surface area contributed by atoms with E-state index in [1.54, 1.807) is 48.5 Å². The number of hydrogen-bond acceptors (Lipinski definition) is 5. The number of rotatable bonds is 6. The van der Waals surface area contributed by atoms with E-state index in [1.165, 1.54) is 17.6 Å². The lowest BCUT2D eigenvalue weighted by atomic mass is 10.2. The van der Waals surface area contributed by atoms with E-state index in [1.807, 2.05) is 17.5 Å². The van der Waals surface area contributed by atoms with Crippen molar-refractivity contribution in [3.05, 3.63) is 90.6 Å². The third kappa shape index (κ3) is 5.88. The molecule has 3 aromatic rings. The Labute approximate surface area is 193 Å². The minimum Gasteiger partial charge on any atom is -0.506 e. The molecule has 152 valence electrons. The molecule has 3 rings (SSSR count). The summed E-state index contributed by atoms with van der Waals surface area (Å²) in [7, 11) is 0. The number of phenols is 1. The molecule has 0 unspecified atom stereocenters. The molecule has 1 heterocycles. The molecule has 3 N–H and O–H groups in total. The van der Waals surface area contributed by atoms with Gasteiger partial charge in [-0.15, -0.1) is 11.3 Å². The number of aromatic hydroxyl groups is 1. The number of amides is 2. The fourth-order valence-electron chi connectivity index (χ4n) is 2.34. The van der Waals surface area contributed by atoms with E-state index in [9.17, 15) is 14.7 Å². The van der Waals surface area contributed by atoms with Crippen LogP contribution in [0.5, 0.6) is 5.75 Å². The van der Waals surface area contributed by atoms with E-state index in [0.717, 1.165) is 4.88 Å². The third-order valence-corrected chi connectivity index (χ3v) is 5.81. The molecule has 0 spiro atoms. The van der Waals surface area contributed by atoms with Crippen molar-refractivity contribution in [2.24, 2.45) is 5.10 Å². The number of carbonyl (C=O) groups excluding carboxylic acids is 2. The van der Waals surface area contributed by atoms with Gasteiger partial charge in [0.15, 0.2) is 0 Å². The molecule has 0 aliphatic rings. The van der Waals surface area contributed by atoms with E-state index >= 15 is 0 Å². The molecule has 0 aliphatic heterocycles. The molecule has 0 aliphatic carbocycles. The summed E-state index contributed by atoms with van der Waals surface area (Å²) in [5.74, 6) is -0.897. The Morgan fingerprint density at radius 1 is 1.03 bits per heavy atom. The lowest BCUT2D eigenvalue weighted by Gasteiger charge is -2.08. The fraction of sp³-hybridized carbons (Fsp3) is 0. The number of thiophene rings is 1. The summed E-state index contributed by atoms with van der Waals surface area (Å²) in [6.45, 7) is 0. The smallest absolute Gasteiger partial charge is 0.287 e. The minimum atomic E-state index is -0.569. The predicted molar refractivity (Wildman–Crippen MR) is 125 cm³/mol. The second-order valence-electron chi connectivity index (χ2n) is 5.93. The van der Waals surface area contributed by atoms with Crippen LogP contribution in [0.4, 0.5) is 0 Å². The van der Waals surface area contributed by atoms with Crippen LogP contribution < -0.4 is 10.7 Å². The summed E-state index contributed by atoms with van der Waals surface area (Å²) in [5.41, 5.74) is 3.56. The van der Waals surface area contributed by atoms with Crippen molar-refractivity contribution in [3.8, 4) is 5.75 Å². The van der Waals surface area contributed by atoms with Gasteiger partial charge in [-0.1, -0.05) is 24.3 Å².